The van der Waals surface area contributed by atoms with Crippen LogP contribution in [0.3, 0.4) is 0 Å². The number of hydrogen-bond donors (Lipinski definition) is 2. The minimum absolute atomic E-state index is 0.171. The molecule has 0 aliphatic carbocycles. The van der Waals surface area contributed by atoms with Crippen molar-refractivity contribution in [2.24, 2.45) is 4.99 Å². The Balaban J connectivity index is 1.31. The van der Waals surface area contributed by atoms with Crippen LogP contribution in [0.15, 0.2) is 29.3 Å². The number of nitrogens with one attached hydrogen (secondary N) is 2. The monoisotopic (exact) mass is 373 g/mol. The van der Waals surface area contributed by atoms with Crippen molar-refractivity contribution in [1.82, 2.24) is 20.4 Å². The van der Waals surface area contributed by atoms with Gasteiger partial charge in [0, 0.05) is 59.3 Å². The molecule has 1 aromatic rings. The first-order valence-corrected chi connectivity index (χ1v) is 9.92. The summed E-state index contributed by atoms with van der Waals surface area (Å²) in [6.45, 7) is 9.49. The Kier molecular flexibility index (Phi) is 7.33. The Bertz CT molecular complexity index is 624. The van der Waals surface area contributed by atoms with Crippen LogP contribution in [-0.4, -0.2) is 80.6 Å². The van der Waals surface area contributed by atoms with Gasteiger partial charge >= 0.3 is 0 Å². The molecule has 1 amide bonds. The van der Waals surface area contributed by atoms with Gasteiger partial charge in [0.2, 0.25) is 5.91 Å². The molecular formula is C20H31N5O2. The van der Waals surface area contributed by atoms with Gasteiger partial charge < -0.3 is 20.3 Å². The topological polar surface area (TPSA) is 69.2 Å². The Morgan fingerprint density at radius 2 is 2.00 bits per heavy atom. The zero-order valence-electron chi connectivity index (χ0n) is 16.2. The molecule has 0 aromatic heterocycles. The molecule has 0 saturated carbocycles. The first-order valence-electron chi connectivity index (χ1n) is 9.92. The van der Waals surface area contributed by atoms with Crippen LogP contribution in [0, 0.1) is 0 Å². The summed E-state index contributed by atoms with van der Waals surface area (Å²) in [5.41, 5.74) is 1.28. The van der Waals surface area contributed by atoms with Crippen molar-refractivity contribution in [2.75, 3.05) is 59.0 Å². The Hall–Kier alpha value is -2.28. The molecule has 2 aliphatic rings. The van der Waals surface area contributed by atoms with Crippen LogP contribution in [-0.2, 0) is 11.2 Å². The summed E-state index contributed by atoms with van der Waals surface area (Å²) in [7, 11) is 0. The van der Waals surface area contributed by atoms with E-state index >= 15 is 0 Å². The first-order chi connectivity index (χ1) is 13.2. The molecule has 3 rings (SSSR count). The predicted molar refractivity (Wildman–Crippen MR) is 107 cm³/mol. The highest BCUT2D eigenvalue weighted by Gasteiger charge is 2.18. The maximum Gasteiger partial charge on any atom is 0.219 e. The van der Waals surface area contributed by atoms with E-state index in [1.165, 1.54) is 5.56 Å². The third-order valence-corrected chi connectivity index (χ3v) is 5.02. The molecule has 1 saturated heterocycles. The van der Waals surface area contributed by atoms with Crippen molar-refractivity contribution >= 4 is 11.9 Å². The van der Waals surface area contributed by atoms with E-state index in [1.54, 1.807) is 6.92 Å². The zero-order valence-corrected chi connectivity index (χ0v) is 16.2. The van der Waals surface area contributed by atoms with Crippen molar-refractivity contribution in [3.63, 3.8) is 0 Å². The number of guanidine groups is 1. The molecule has 0 unspecified atom stereocenters. The summed E-state index contributed by atoms with van der Waals surface area (Å²) in [6.07, 6.45) is 2.07. The average Bonchev–Trinajstić information content (AvgIpc) is 2.70. The molecule has 7 nitrogen and oxygen atoms in total. The fraction of sp³-hybridized carbons (Fsp3) is 0.600. The molecule has 2 N–H and O–H groups in total. The van der Waals surface area contributed by atoms with Gasteiger partial charge in [-0.15, -0.1) is 0 Å². The predicted octanol–water partition coefficient (Wildman–Crippen LogP) is 0.711. The number of carbonyl (C=O) groups is 1. The van der Waals surface area contributed by atoms with Crippen LogP contribution in [0.1, 0.15) is 18.9 Å². The quantitative estimate of drug-likeness (QED) is 0.737. The highest BCUT2D eigenvalue weighted by molar-refractivity contribution is 5.80. The Morgan fingerprint density at radius 1 is 1.22 bits per heavy atom. The number of aliphatic imine (C=N–C) groups is 1. The Labute approximate surface area is 161 Å². The number of amides is 1. The van der Waals surface area contributed by atoms with Gasteiger partial charge in [-0.2, -0.15) is 0 Å². The van der Waals surface area contributed by atoms with Gasteiger partial charge in [0.15, 0.2) is 5.96 Å². The molecule has 27 heavy (non-hydrogen) atoms. The van der Waals surface area contributed by atoms with Crippen molar-refractivity contribution in [1.29, 1.82) is 0 Å². The average molecular weight is 374 g/mol. The fourth-order valence-corrected chi connectivity index (χ4v) is 3.31. The highest BCUT2D eigenvalue weighted by atomic mass is 16.5. The van der Waals surface area contributed by atoms with Crippen molar-refractivity contribution in [3.05, 3.63) is 29.8 Å². The normalized spacial score (nSPS) is 17.8. The van der Waals surface area contributed by atoms with Gasteiger partial charge in [-0.05, 0) is 30.5 Å². The fourth-order valence-electron chi connectivity index (χ4n) is 3.31. The van der Waals surface area contributed by atoms with Gasteiger partial charge in [0.05, 0.1) is 0 Å². The summed E-state index contributed by atoms with van der Waals surface area (Å²) < 4.78 is 5.87. The number of nitrogens with zero attached hydrogens (tertiary/aromatic N) is 3. The van der Waals surface area contributed by atoms with Gasteiger partial charge in [0.25, 0.3) is 0 Å². The smallest absolute Gasteiger partial charge is 0.219 e. The lowest BCUT2D eigenvalue weighted by molar-refractivity contribution is -0.130. The molecule has 0 bridgehead atoms. The minimum atomic E-state index is 0.171. The van der Waals surface area contributed by atoms with E-state index in [0.29, 0.717) is 6.61 Å². The largest absolute Gasteiger partial charge is 0.492 e. The summed E-state index contributed by atoms with van der Waals surface area (Å²) in [5.74, 6) is 2.00. The zero-order chi connectivity index (χ0) is 18.9. The lowest BCUT2D eigenvalue weighted by atomic mass is 10.1. The molecule has 1 fully saturated rings. The van der Waals surface area contributed by atoms with Crippen LogP contribution >= 0.6 is 0 Å². The van der Waals surface area contributed by atoms with Gasteiger partial charge in [-0.1, -0.05) is 12.1 Å². The van der Waals surface area contributed by atoms with Gasteiger partial charge in [-0.3, -0.25) is 14.7 Å². The van der Waals surface area contributed by atoms with Crippen LogP contribution in [0.2, 0.25) is 0 Å². The van der Waals surface area contributed by atoms with Crippen molar-refractivity contribution in [2.45, 2.75) is 19.8 Å². The second-order valence-electron chi connectivity index (χ2n) is 7.03. The van der Waals surface area contributed by atoms with E-state index in [0.717, 1.165) is 76.9 Å². The number of piperazine rings is 1. The second-order valence-corrected chi connectivity index (χ2v) is 7.03. The molecule has 0 atom stereocenters. The molecule has 2 aliphatic heterocycles. The van der Waals surface area contributed by atoms with E-state index in [2.05, 4.69) is 32.7 Å². The maximum absolute atomic E-state index is 11.3. The molecule has 2 heterocycles. The van der Waals surface area contributed by atoms with E-state index in [1.807, 2.05) is 17.0 Å². The Morgan fingerprint density at radius 3 is 2.67 bits per heavy atom. The standard InChI is InChI=1S/C20H31N5O2/c1-17(26)25-13-11-24(12-14-25)15-16-27-19-5-3-18(4-6-19)7-10-23-20-21-8-2-9-22-20/h3-6H,2,7-16H2,1H3,(H2,21,22,23). The van der Waals surface area contributed by atoms with E-state index in [-0.39, 0.29) is 5.91 Å². The number of hydrogen-bond acceptors (Lipinski definition) is 6. The minimum Gasteiger partial charge on any atom is -0.492 e. The van der Waals surface area contributed by atoms with E-state index in [9.17, 15) is 4.79 Å². The first kappa shape index (κ1) is 19.5. The van der Waals surface area contributed by atoms with Crippen LogP contribution < -0.4 is 15.4 Å². The van der Waals surface area contributed by atoms with Gasteiger partial charge in [0.1, 0.15) is 12.4 Å². The molecular weight excluding hydrogens is 342 g/mol. The van der Waals surface area contributed by atoms with Crippen LogP contribution in [0.4, 0.5) is 0 Å². The number of ether oxygens (including phenoxy) is 1. The molecule has 7 heteroatoms. The summed E-state index contributed by atoms with van der Waals surface area (Å²) in [6, 6.07) is 8.33. The molecule has 1 aromatic carbocycles. The number of benzene rings is 1. The molecule has 148 valence electrons. The van der Waals surface area contributed by atoms with E-state index < -0.39 is 0 Å². The second kappa shape index (κ2) is 10.2. The van der Waals surface area contributed by atoms with Crippen molar-refractivity contribution in [3.8, 4) is 5.75 Å². The maximum atomic E-state index is 11.3. The SMILES string of the molecule is CC(=O)N1CCN(CCOc2ccc(CCNC3=NCCCN3)cc2)CC1. The highest BCUT2D eigenvalue weighted by Crippen LogP contribution is 2.13. The lowest BCUT2D eigenvalue weighted by Crippen LogP contribution is -2.48. The van der Waals surface area contributed by atoms with Gasteiger partial charge in [-0.25, -0.2) is 0 Å². The summed E-state index contributed by atoms with van der Waals surface area (Å²) in [5, 5.41) is 6.61. The third-order valence-electron chi connectivity index (χ3n) is 5.02. The van der Waals surface area contributed by atoms with Crippen LogP contribution in [0.25, 0.3) is 0 Å². The third kappa shape index (κ3) is 6.43. The number of carbonyl (C=O) groups excluding carboxylic acids is 1. The van der Waals surface area contributed by atoms with E-state index in [4.69, 9.17) is 4.74 Å². The summed E-state index contributed by atoms with van der Waals surface area (Å²) >= 11 is 0. The molecule has 0 spiro atoms. The lowest BCUT2D eigenvalue weighted by Gasteiger charge is -2.34. The van der Waals surface area contributed by atoms with Crippen molar-refractivity contribution < 1.29 is 9.53 Å². The number of rotatable bonds is 7. The summed E-state index contributed by atoms with van der Waals surface area (Å²) in [4.78, 5) is 20.0. The van der Waals surface area contributed by atoms with Crippen LogP contribution in [0.5, 0.6) is 5.75 Å². The molecule has 0 radical (unpaired) electrons.